The number of piperidine rings is 1. The average Bonchev–Trinajstić information content (AvgIpc) is 2.60. The van der Waals surface area contributed by atoms with E-state index < -0.39 is 5.97 Å². The number of methoxy groups -OCH3 is 1. The van der Waals surface area contributed by atoms with Gasteiger partial charge in [-0.15, -0.1) is 0 Å². The van der Waals surface area contributed by atoms with E-state index in [1.807, 2.05) is 6.07 Å². The highest BCUT2D eigenvalue weighted by molar-refractivity contribution is 5.86. The van der Waals surface area contributed by atoms with Crippen LogP contribution in [0.3, 0.4) is 0 Å². The van der Waals surface area contributed by atoms with Crippen LogP contribution in [0.5, 0.6) is 0 Å². The number of carbonyl (C=O) groups is 3. The van der Waals surface area contributed by atoms with Crippen molar-refractivity contribution in [1.82, 2.24) is 9.80 Å². The molecule has 1 saturated heterocycles. The van der Waals surface area contributed by atoms with E-state index in [-0.39, 0.29) is 30.1 Å². The third-order valence-corrected chi connectivity index (χ3v) is 4.38. The third-order valence-electron chi connectivity index (χ3n) is 4.38. The summed E-state index contributed by atoms with van der Waals surface area (Å²) in [6, 6.07) is 6.27. The van der Waals surface area contributed by atoms with Crippen molar-refractivity contribution in [3.05, 3.63) is 35.6 Å². The molecule has 0 unspecified atom stereocenters. The Morgan fingerprint density at radius 3 is 2.84 bits per heavy atom. The number of benzene rings is 1. The number of likely N-dealkylation sites (N-methyl/N-ethyl adjacent to an activating group) is 1. The molecule has 0 N–H and O–H groups in total. The first-order valence-corrected chi connectivity index (χ1v) is 8.24. The van der Waals surface area contributed by atoms with Crippen molar-refractivity contribution in [3.63, 3.8) is 0 Å². The summed E-state index contributed by atoms with van der Waals surface area (Å²) < 4.78 is 17.8. The SMILES string of the molecule is COC(=O)CN(C)C(=O)[C@@H]1CCC(=O)N(CCc2cccc(F)c2)C1. The quantitative estimate of drug-likeness (QED) is 0.724. The molecule has 0 bridgehead atoms. The first kappa shape index (κ1) is 18.9. The van der Waals surface area contributed by atoms with Gasteiger partial charge in [-0.05, 0) is 30.5 Å². The Kier molecular flexibility index (Phi) is 6.50. The van der Waals surface area contributed by atoms with Crippen molar-refractivity contribution in [1.29, 1.82) is 0 Å². The normalized spacial score (nSPS) is 17.3. The van der Waals surface area contributed by atoms with Crippen molar-refractivity contribution < 1.29 is 23.5 Å². The van der Waals surface area contributed by atoms with Crippen LogP contribution in [0.25, 0.3) is 0 Å². The molecule has 1 aliphatic rings. The number of hydrogen-bond donors (Lipinski definition) is 0. The van der Waals surface area contributed by atoms with Gasteiger partial charge in [0.25, 0.3) is 0 Å². The molecule has 1 heterocycles. The summed E-state index contributed by atoms with van der Waals surface area (Å²) in [6.45, 7) is 0.647. The molecule has 0 aromatic heterocycles. The summed E-state index contributed by atoms with van der Waals surface area (Å²) >= 11 is 0. The van der Waals surface area contributed by atoms with E-state index in [2.05, 4.69) is 4.74 Å². The highest BCUT2D eigenvalue weighted by Gasteiger charge is 2.32. The largest absolute Gasteiger partial charge is 0.468 e. The predicted octanol–water partition coefficient (Wildman–Crippen LogP) is 1.24. The minimum atomic E-state index is -0.481. The number of rotatable bonds is 6. The maximum absolute atomic E-state index is 13.2. The zero-order valence-electron chi connectivity index (χ0n) is 14.5. The van der Waals surface area contributed by atoms with Gasteiger partial charge in [-0.25, -0.2) is 4.39 Å². The van der Waals surface area contributed by atoms with Gasteiger partial charge < -0.3 is 14.5 Å². The second-order valence-corrected chi connectivity index (χ2v) is 6.23. The summed E-state index contributed by atoms with van der Waals surface area (Å²) in [5, 5.41) is 0. The van der Waals surface area contributed by atoms with Gasteiger partial charge in [0, 0.05) is 26.6 Å². The summed E-state index contributed by atoms with van der Waals surface area (Å²) in [7, 11) is 2.82. The second kappa shape index (κ2) is 8.60. The number of ether oxygens (including phenoxy) is 1. The molecule has 1 aromatic rings. The number of esters is 1. The summed E-state index contributed by atoms with van der Waals surface area (Å²) in [6.07, 6.45) is 1.30. The molecule has 2 rings (SSSR count). The number of nitrogens with zero attached hydrogens (tertiary/aromatic N) is 2. The summed E-state index contributed by atoms with van der Waals surface area (Å²) in [5.74, 6) is -1.30. The van der Waals surface area contributed by atoms with Crippen LogP contribution in [-0.4, -0.2) is 61.4 Å². The van der Waals surface area contributed by atoms with E-state index >= 15 is 0 Å². The van der Waals surface area contributed by atoms with Crippen molar-refractivity contribution >= 4 is 17.8 Å². The van der Waals surface area contributed by atoms with Crippen molar-refractivity contribution in [2.24, 2.45) is 5.92 Å². The van der Waals surface area contributed by atoms with Crippen molar-refractivity contribution in [2.75, 3.05) is 33.8 Å². The lowest BCUT2D eigenvalue weighted by Gasteiger charge is -2.33. The maximum atomic E-state index is 13.2. The van der Waals surface area contributed by atoms with Gasteiger partial charge in [-0.2, -0.15) is 0 Å². The van der Waals surface area contributed by atoms with Crippen LogP contribution in [0.4, 0.5) is 4.39 Å². The fourth-order valence-corrected chi connectivity index (χ4v) is 2.94. The molecule has 1 atom stereocenters. The van der Waals surface area contributed by atoms with E-state index in [1.54, 1.807) is 18.0 Å². The van der Waals surface area contributed by atoms with E-state index in [4.69, 9.17) is 0 Å². The van der Waals surface area contributed by atoms with Crippen LogP contribution in [0.2, 0.25) is 0 Å². The Labute approximate surface area is 146 Å². The average molecular weight is 350 g/mol. The monoisotopic (exact) mass is 350 g/mol. The van der Waals surface area contributed by atoms with Gasteiger partial charge in [0.05, 0.1) is 13.0 Å². The molecule has 2 amide bonds. The molecule has 0 aliphatic carbocycles. The summed E-state index contributed by atoms with van der Waals surface area (Å²) in [5.41, 5.74) is 0.809. The van der Waals surface area contributed by atoms with Gasteiger partial charge in [0.1, 0.15) is 12.4 Å². The van der Waals surface area contributed by atoms with Gasteiger partial charge in [-0.3, -0.25) is 14.4 Å². The van der Waals surface area contributed by atoms with Gasteiger partial charge in [0.2, 0.25) is 11.8 Å². The van der Waals surface area contributed by atoms with E-state index in [0.29, 0.717) is 32.4 Å². The van der Waals surface area contributed by atoms with Gasteiger partial charge in [0.15, 0.2) is 0 Å². The smallest absolute Gasteiger partial charge is 0.325 e. The van der Waals surface area contributed by atoms with E-state index in [1.165, 1.54) is 24.1 Å². The van der Waals surface area contributed by atoms with E-state index in [0.717, 1.165) is 5.56 Å². The Balaban J connectivity index is 1.92. The molecular weight excluding hydrogens is 327 g/mol. The number of hydrogen-bond acceptors (Lipinski definition) is 4. The van der Waals surface area contributed by atoms with Gasteiger partial charge >= 0.3 is 5.97 Å². The minimum absolute atomic E-state index is 0.00364. The molecule has 0 saturated carbocycles. The second-order valence-electron chi connectivity index (χ2n) is 6.23. The third kappa shape index (κ3) is 5.27. The number of carbonyl (C=O) groups excluding carboxylic acids is 3. The van der Waals surface area contributed by atoms with Crippen LogP contribution in [0.1, 0.15) is 18.4 Å². The number of amides is 2. The molecule has 1 fully saturated rings. The molecule has 0 spiro atoms. The molecule has 7 heteroatoms. The maximum Gasteiger partial charge on any atom is 0.325 e. The van der Waals surface area contributed by atoms with Crippen molar-refractivity contribution in [3.8, 4) is 0 Å². The molecule has 1 aromatic carbocycles. The fourth-order valence-electron chi connectivity index (χ4n) is 2.94. The summed E-state index contributed by atoms with van der Waals surface area (Å²) in [4.78, 5) is 38.8. The zero-order valence-corrected chi connectivity index (χ0v) is 14.5. The predicted molar refractivity (Wildman–Crippen MR) is 89.1 cm³/mol. The topological polar surface area (TPSA) is 66.9 Å². The molecule has 1 aliphatic heterocycles. The first-order valence-electron chi connectivity index (χ1n) is 8.24. The van der Waals surface area contributed by atoms with Crippen LogP contribution < -0.4 is 0 Å². The molecule has 25 heavy (non-hydrogen) atoms. The Morgan fingerprint density at radius 2 is 2.16 bits per heavy atom. The van der Waals surface area contributed by atoms with Crippen LogP contribution >= 0.6 is 0 Å². The lowest BCUT2D eigenvalue weighted by molar-refractivity contribution is -0.149. The fraction of sp³-hybridized carbons (Fsp3) is 0.500. The molecule has 136 valence electrons. The number of likely N-dealkylation sites (tertiary alicyclic amines) is 1. The highest BCUT2D eigenvalue weighted by atomic mass is 19.1. The van der Waals surface area contributed by atoms with Crippen molar-refractivity contribution in [2.45, 2.75) is 19.3 Å². The van der Waals surface area contributed by atoms with E-state index in [9.17, 15) is 18.8 Å². The molecule has 6 nitrogen and oxygen atoms in total. The number of halogens is 1. The Hall–Kier alpha value is -2.44. The highest BCUT2D eigenvalue weighted by Crippen LogP contribution is 2.20. The molecular formula is C18H23FN2O4. The lowest BCUT2D eigenvalue weighted by atomic mass is 9.95. The first-order chi connectivity index (χ1) is 11.9. The minimum Gasteiger partial charge on any atom is -0.468 e. The lowest BCUT2D eigenvalue weighted by Crippen LogP contribution is -2.47. The standard InChI is InChI=1S/C18H23FN2O4/c1-20(12-17(23)25-2)18(24)14-6-7-16(22)21(11-14)9-8-13-4-3-5-15(19)10-13/h3-5,10,14H,6-9,11-12H2,1-2H3/t14-/m1/s1. The van der Waals surface area contributed by atoms with Gasteiger partial charge in [-0.1, -0.05) is 12.1 Å². The van der Waals surface area contributed by atoms with Crippen LogP contribution in [0.15, 0.2) is 24.3 Å². The Bertz CT molecular complexity index is 650. The zero-order chi connectivity index (χ0) is 18.4. The van der Waals surface area contributed by atoms with Crippen LogP contribution in [-0.2, 0) is 25.5 Å². The van der Waals surface area contributed by atoms with Crippen LogP contribution in [0, 0.1) is 11.7 Å². The molecule has 0 radical (unpaired) electrons. The Morgan fingerprint density at radius 1 is 1.40 bits per heavy atom.